The normalized spacial score (nSPS) is 16.3. The summed E-state index contributed by atoms with van der Waals surface area (Å²) in [4.78, 5) is 24.9. The molecule has 124 valence electrons. The van der Waals surface area contributed by atoms with Gasteiger partial charge in [0.1, 0.15) is 5.76 Å². The smallest absolute Gasteiger partial charge is 0.278 e. The van der Waals surface area contributed by atoms with Gasteiger partial charge < -0.3 is 15.2 Å². The van der Waals surface area contributed by atoms with Gasteiger partial charge in [0.2, 0.25) is 0 Å². The van der Waals surface area contributed by atoms with Crippen molar-refractivity contribution >= 4 is 17.5 Å². The van der Waals surface area contributed by atoms with E-state index in [4.69, 9.17) is 4.52 Å². The van der Waals surface area contributed by atoms with E-state index in [1.807, 2.05) is 0 Å². The number of anilines is 1. The van der Waals surface area contributed by atoms with Gasteiger partial charge >= 0.3 is 0 Å². The number of hydrogen-bond acceptors (Lipinski definition) is 4. The number of hydrogen-bond donors (Lipinski definition) is 2. The van der Waals surface area contributed by atoms with E-state index in [0.29, 0.717) is 16.9 Å². The summed E-state index contributed by atoms with van der Waals surface area (Å²) < 4.78 is 5.29. The van der Waals surface area contributed by atoms with Crippen molar-refractivity contribution in [1.29, 1.82) is 0 Å². The molecule has 0 atom stereocenters. The van der Waals surface area contributed by atoms with Crippen LogP contribution in [-0.2, 0) is 12.8 Å². The Morgan fingerprint density at radius 3 is 2.71 bits per heavy atom. The maximum atomic E-state index is 12.6. The number of rotatable bonds is 4. The molecule has 2 aromatic rings. The van der Waals surface area contributed by atoms with Crippen molar-refractivity contribution in [2.24, 2.45) is 0 Å². The Hall–Kier alpha value is -2.63. The predicted molar refractivity (Wildman–Crippen MR) is 88.0 cm³/mol. The highest BCUT2D eigenvalue weighted by molar-refractivity contribution is 6.08. The number of benzene rings is 1. The maximum absolute atomic E-state index is 12.6. The van der Waals surface area contributed by atoms with E-state index < -0.39 is 0 Å². The quantitative estimate of drug-likeness (QED) is 0.905. The fourth-order valence-electron chi connectivity index (χ4n) is 3.03. The number of nitrogens with one attached hydrogen (secondary N) is 2. The summed E-state index contributed by atoms with van der Waals surface area (Å²) in [6.45, 7) is 0. The Morgan fingerprint density at radius 1 is 1.08 bits per heavy atom. The average molecular weight is 325 g/mol. The summed E-state index contributed by atoms with van der Waals surface area (Å²) in [6.07, 6.45) is 5.78. The van der Waals surface area contributed by atoms with Crippen LogP contribution in [0.5, 0.6) is 0 Å². The van der Waals surface area contributed by atoms with Gasteiger partial charge in [-0.3, -0.25) is 9.59 Å². The van der Waals surface area contributed by atoms with Gasteiger partial charge in [-0.2, -0.15) is 0 Å². The Morgan fingerprint density at radius 2 is 1.88 bits per heavy atom. The molecule has 0 bridgehead atoms. The lowest BCUT2D eigenvalue weighted by Crippen LogP contribution is -2.27. The second-order valence-electron chi connectivity index (χ2n) is 6.39. The van der Waals surface area contributed by atoms with Crippen LogP contribution in [0.4, 0.5) is 5.69 Å². The van der Waals surface area contributed by atoms with Crippen LogP contribution in [0.1, 0.15) is 57.9 Å². The van der Waals surface area contributed by atoms with Gasteiger partial charge in [0, 0.05) is 18.0 Å². The molecule has 6 nitrogen and oxygen atoms in total. The number of amides is 2. The highest BCUT2D eigenvalue weighted by Crippen LogP contribution is 2.26. The summed E-state index contributed by atoms with van der Waals surface area (Å²) in [7, 11) is 0. The van der Waals surface area contributed by atoms with Crippen molar-refractivity contribution in [3.8, 4) is 0 Å². The summed E-state index contributed by atoms with van der Waals surface area (Å²) in [6, 6.07) is 7.29. The van der Waals surface area contributed by atoms with Crippen molar-refractivity contribution in [3.63, 3.8) is 0 Å². The van der Waals surface area contributed by atoms with Gasteiger partial charge in [0.25, 0.3) is 11.8 Å². The molecule has 24 heavy (non-hydrogen) atoms. The fraction of sp³-hybridized carbons (Fsp3) is 0.389. The molecule has 6 heteroatoms. The van der Waals surface area contributed by atoms with Gasteiger partial charge in [-0.1, -0.05) is 17.3 Å². The van der Waals surface area contributed by atoms with Crippen molar-refractivity contribution in [1.82, 2.24) is 10.5 Å². The third kappa shape index (κ3) is 2.91. The first-order chi connectivity index (χ1) is 11.7. The molecule has 0 radical (unpaired) electrons. The van der Waals surface area contributed by atoms with Crippen molar-refractivity contribution in [2.45, 2.75) is 44.6 Å². The molecule has 2 aliphatic rings. The second-order valence-corrected chi connectivity index (χ2v) is 6.39. The van der Waals surface area contributed by atoms with Crippen LogP contribution in [0.3, 0.4) is 0 Å². The zero-order valence-electron chi connectivity index (χ0n) is 13.3. The molecule has 1 saturated carbocycles. The number of aryl methyl sites for hydroxylation is 1. The molecule has 1 aromatic carbocycles. The average Bonchev–Trinajstić information content (AvgIpc) is 3.30. The largest absolute Gasteiger partial charge is 0.360 e. The van der Waals surface area contributed by atoms with E-state index in [1.54, 1.807) is 24.3 Å². The lowest BCUT2D eigenvalue weighted by Gasteiger charge is -2.12. The van der Waals surface area contributed by atoms with Crippen LogP contribution < -0.4 is 10.6 Å². The van der Waals surface area contributed by atoms with E-state index in [9.17, 15) is 9.59 Å². The molecule has 0 unspecified atom stereocenters. The molecule has 0 aliphatic heterocycles. The third-order valence-electron chi connectivity index (χ3n) is 4.50. The molecule has 0 saturated heterocycles. The molecular weight excluding hydrogens is 306 g/mol. The van der Waals surface area contributed by atoms with Crippen LogP contribution in [0, 0.1) is 0 Å². The topological polar surface area (TPSA) is 84.2 Å². The monoisotopic (exact) mass is 325 g/mol. The minimum absolute atomic E-state index is 0.157. The van der Waals surface area contributed by atoms with Gasteiger partial charge in [-0.15, -0.1) is 0 Å². The summed E-state index contributed by atoms with van der Waals surface area (Å²) >= 11 is 0. The van der Waals surface area contributed by atoms with Crippen LogP contribution >= 0.6 is 0 Å². The standard InChI is InChI=1S/C18H19N3O3/c22-17(19-11-9-10-11)12-5-1-3-7-14(12)20-18(23)16-13-6-2-4-8-15(13)24-21-16/h1,3,5,7,11H,2,4,6,8-10H2,(H,19,22)(H,20,23). The minimum Gasteiger partial charge on any atom is -0.360 e. The van der Waals surface area contributed by atoms with E-state index in [1.165, 1.54) is 0 Å². The second kappa shape index (κ2) is 6.11. The first-order valence-corrected chi connectivity index (χ1v) is 8.41. The third-order valence-corrected chi connectivity index (χ3v) is 4.50. The number of para-hydroxylation sites is 1. The van der Waals surface area contributed by atoms with E-state index >= 15 is 0 Å². The number of fused-ring (bicyclic) bond motifs is 1. The van der Waals surface area contributed by atoms with Crippen LogP contribution in [-0.4, -0.2) is 23.0 Å². The predicted octanol–water partition coefficient (Wildman–Crippen LogP) is 2.70. The molecule has 0 spiro atoms. The number of carbonyl (C=O) groups excluding carboxylic acids is 2. The first kappa shape index (κ1) is 14.9. The zero-order chi connectivity index (χ0) is 16.5. The summed E-state index contributed by atoms with van der Waals surface area (Å²) in [5, 5.41) is 9.70. The van der Waals surface area contributed by atoms with Gasteiger partial charge in [0.05, 0.1) is 11.3 Å². The van der Waals surface area contributed by atoms with Crippen LogP contribution in [0.15, 0.2) is 28.8 Å². The molecule has 2 N–H and O–H groups in total. The first-order valence-electron chi connectivity index (χ1n) is 8.41. The highest BCUT2D eigenvalue weighted by atomic mass is 16.5. The van der Waals surface area contributed by atoms with E-state index in [-0.39, 0.29) is 17.9 Å². The van der Waals surface area contributed by atoms with E-state index in [2.05, 4.69) is 15.8 Å². The Balaban J connectivity index is 1.55. The Labute approximate surface area is 139 Å². The van der Waals surface area contributed by atoms with Crippen LogP contribution in [0.2, 0.25) is 0 Å². The fourth-order valence-corrected chi connectivity index (χ4v) is 3.03. The summed E-state index contributed by atoms with van der Waals surface area (Å²) in [5.74, 6) is 0.329. The Kier molecular flexibility index (Phi) is 3.80. The number of aromatic nitrogens is 1. The lowest BCUT2D eigenvalue weighted by atomic mass is 9.96. The molecule has 2 amide bonds. The van der Waals surface area contributed by atoms with Crippen molar-refractivity contribution < 1.29 is 14.1 Å². The SMILES string of the molecule is O=C(NC1CC1)c1ccccc1NC(=O)c1noc2c1CCCC2. The van der Waals surface area contributed by atoms with Crippen LogP contribution in [0.25, 0.3) is 0 Å². The van der Waals surface area contributed by atoms with Gasteiger partial charge in [-0.25, -0.2) is 0 Å². The Bertz CT molecular complexity index is 793. The number of carbonyl (C=O) groups is 2. The maximum Gasteiger partial charge on any atom is 0.278 e. The highest BCUT2D eigenvalue weighted by Gasteiger charge is 2.27. The molecule has 2 aliphatic carbocycles. The van der Waals surface area contributed by atoms with Crippen molar-refractivity contribution in [2.75, 3.05) is 5.32 Å². The molecule has 1 heterocycles. The zero-order valence-corrected chi connectivity index (χ0v) is 13.3. The number of nitrogens with zero attached hydrogens (tertiary/aromatic N) is 1. The molecule has 1 aromatic heterocycles. The van der Waals surface area contributed by atoms with Gasteiger partial charge in [-0.05, 0) is 44.2 Å². The van der Waals surface area contributed by atoms with Crippen molar-refractivity contribution in [3.05, 3.63) is 46.8 Å². The molecule has 4 rings (SSSR count). The molecule has 1 fully saturated rings. The van der Waals surface area contributed by atoms with E-state index in [0.717, 1.165) is 49.8 Å². The van der Waals surface area contributed by atoms with Gasteiger partial charge in [0.15, 0.2) is 5.69 Å². The summed E-state index contributed by atoms with van der Waals surface area (Å²) in [5.41, 5.74) is 2.20. The lowest BCUT2D eigenvalue weighted by molar-refractivity contribution is 0.0952. The molecular formula is C18H19N3O3. The minimum atomic E-state index is -0.325.